The van der Waals surface area contributed by atoms with E-state index in [4.69, 9.17) is 5.73 Å². The van der Waals surface area contributed by atoms with Crippen molar-refractivity contribution in [1.82, 2.24) is 4.90 Å². The van der Waals surface area contributed by atoms with E-state index in [2.05, 4.69) is 13.8 Å². The van der Waals surface area contributed by atoms with Crippen molar-refractivity contribution in [2.24, 2.45) is 17.6 Å². The summed E-state index contributed by atoms with van der Waals surface area (Å²) in [6.07, 6.45) is 3.03. The van der Waals surface area contributed by atoms with E-state index in [1.807, 2.05) is 4.90 Å². The number of likely N-dealkylation sites (tertiary alicyclic amines) is 1. The zero-order chi connectivity index (χ0) is 10.3. The molecule has 1 aliphatic heterocycles. The predicted molar refractivity (Wildman–Crippen MR) is 55.7 cm³/mol. The van der Waals surface area contributed by atoms with Gasteiger partial charge in [-0.3, -0.25) is 4.79 Å². The van der Waals surface area contributed by atoms with Gasteiger partial charge in [0.05, 0.1) is 0 Å². The van der Waals surface area contributed by atoms with Gasteiger partial charge >= 0.3 is 0 Å². The number of nitrogens with two attached hydrogens (primary N) is 1. The molecule has 1 aliphatic carbocycles. The topological polar surface area (TPSA) is 46.3 Å². The van der Waals surface area contributed by atoms with E-state index in [-0.39, 0.29) is 0 Å². The normalized spacial score (nSPS) is 42.4. The molecule has 1 heterocycles. The van der Waals surface area contributed by atoms with Crippen molar-refractivity contribution in [2.45, 2.75) is 45.2 Å². The van der Waals surface area contributed by atoms with Crippen LogP contribution in [0, 0.1) is 11.8 Å². The fraction of sp³-hybridized carbons (Fsp3) is 0.909. The molecular weight excluding hydrogens is 176 g/mol. The first-order chi connectivity index (χ1) is 6.59. The summed E-state index contributed by atoms with van der Waals surface area (Å²) in [4.78, 5) is 14.0. The van der Waals surface area contributed by atoms with Gasteiger partial charge in [0.15, 0.2) is 0 Å². The molecule has 2 fully saturated rings. The SMILES string of the molecule is CC1CC1C(=O)N1CCC(N)CC1C. The largest absolute Gasteiger partial charge is 0.340 e. The lowest BCUT2D eigenvalue weighted by Gasteiger charge is -2.36. The molecule has 2 aliphatic rings. The van der Waals surface area contributed by atoms with Crippen LogP contribution in [0.1, 0.15) is 33.1 Å². The number of nitrogens with zero attached hydrogens (tertiary/aromatic N) is 1. The highest BCUT2D eigenvalue weighted by Crippen LogP contribution is 2.40. The van der Waals surface area contributed by atoms with Gasteiger partial charge in [0.25, 0.3) is 0 Å². The standard InChI is InChI=1S/C11H20N2O/c1-7-5-10(7)11(14)13-4-3-9(12)6-8(13)2/h7-10H,3-6,12H2,1-2H3. The Morgan fingerprint density at radius 2 is 2.00 bits per heavy atom. The Morgan fingerprint density at radius 1 is 1.36 bits per heavy atom. The monoisotopic (exact) mass is 196 g/mol. The second-order valence-corrected chi connectivity index (χ2v) is 4.98. The summed E-state index contributed by atoms with van der Waals surface area (Å²) >= 11 is 0. The summed E-state index contributed by atoms with van der Waals surface area (Å²) in [5, 5.41) is 0. The van der Waals surface area contributed by atoms with Crippen LogP contribution in [0.2, 0.25) is 0 Å². The molecule has 2 N–H and O–H groups in total. The summed E-state index contributed by atoms with van der Waals surface area (Å²) in [6.45, 7) is 5.14. The second kappa shape index (κ2) is 3.54. The van der Waals surface area contributed by atoms with E-state index >= 15 is 0 Å². The van der Waals surface area contributed by atoms with E-state index in [1.54, 1.807) is 0 Å². The van der Waals surface area contributed by atoms with Crippen molar-refractivity contribution in [2.75, 3.05) is 6.54 Å². The lowest BCUT2D eigenvalue weighted by Crippen LogP contribution is -2.49. The maximum atomic E-state index is 12.0. The first kappa shape index (κ1) is 9.97. The molecule has 0 radical (unpaired) electrons. The van der Waals surface area contributed by atoms with Crippen LogP contribution in [-0.2, 0) is 4.79 Å². The van der Waals surface area contributed by atoms with Crippen molar-refractivity contribution < 1.29 is 4.79 Å². The zero-order valence-corrected chi connectivity index (χ0v) is 9.07. The van der Waals surface area contributed by atoms with E-state index in [9.17, 15) is 4.79 Å². The van der Waals surface area contributed by atoms with Gasteiger partial charge in [0.2, 0.25) is 5.91 Å². The van der Waals surface area contributed by atoms with Crippen LogP contribution in [0.4, 0.5) is 0 Å². The third-order valence-corrected chi connectivity index (χ3v) is 3.63. The average Bonchev–Trinajstić information content (AvgIpc) is 2.81. The molecule has 80 valence electrons. The summed E-state index contributed by atoms with van der Waals surface area (Å²) in [7, 11) is 0. The number of hydrogen-bond acceptors (Lipinski definition) is 2. The minimum Gasteiger partial charge on any atom is -0.340 e. The molecule has 14 heavy (non-hydrogen) atoms. The Labute approximate surface area is 85.6 Å². The molecule has 1 saturated heterocycles. The third-order valence-electron chi connectivity index (χ3n) is 3.63. The van der Waals surface area contributed by atoms with Crippen LogP contribution in [0.15, 0.2) is 0 Å². The highest BCUT2D eigenvalue weighted by Gasteiger charge is 2.43. The third kappa shape index (κ3) is 1.78. The van der Waals surface area contributed by atoms with Crippen molar-refractivity contribution >= 4 is 5.91 Å². The summed E-state index contributed by atoms with van der Waals surface area (Å²) < 4.78 is 0. The quantitative estimate of drug-likeness (QED) is 0.679. The molecule has 0 aromatic rings. The smallest absolute Gasteiger partial charge is 0.226 e. The van der Waals surface area contributed by atoms with Crippen LogP contribution in [-0.4, -0.2) is 29.4 Å². The molecule has 4 unspecified atom stereocenters. The van der Waals surface area contributed by atoms with Crippen LogP contribution >= 0.6 is 0 Å². The minimum absolute atomic E-state index is 0.297. The number of piperidine rings is 1. The molecule has 1 amide bonds. The van der Waals surface area contributed by atoms with E-state index in [0.29, 0.717) is 29.8 Å². The molecule has 4 atom stereocenters. The maximum Gasteiger partial charge on any atom is 0.226 e. The molecule has 0 aromatic carbocycles. The minimum atomic E-state index is 0.297. The summed E-state index contributed by atoms with van der Waals surface area (Å²) in [5.41, 5.74) is 5.87. The first-order valence-corrected chi connectivity index (χ1v) is 5.65. The van der Waals surface area contributed by atoms with Gasteiger partial charge in [-0.15, -0.1) is 0 Å². The zero-order valence-electron chi connectivity index (χ0n) is 9.07. The van der Waals surface area contributed by atoms with Gasteiger partial charge < -0.3 is 10.6 Å². The Bertz CT molecular complexity index is 241. The molecule has 0 spiro atoms. The molecule has 0 bridgehead atoms. The molecule has 3 heteroatoms. The fourth-order valence-electron chi connectivity index (χ4n) is 2.42. The fourth-order valence-corrected chi connectivity index (χ4v) is 2.42. The predicted octanol–water partition coefficient (Wildman–Crippen LogP) is 0.981. The van der Waals surface area contributed by atoms with E-state index < -0.39 is 0 Å². The summed E-state index contributed by atoms with van der Waals surface area (Å²) in [5.74, 6) is 1.31. The Balaban J connectivity index is 1.94. The molecule has 2 rings (SSSR count). The van der Waals surface area contributed by atoms with E-state index in [0.717, 1.165) is 25.8 Å². The van der Waals surface area contributed by atoms with Crippen molar-refractivity contribution in [3.63, 3.8) is 0 Å². The van der Waals surface area contributed by atoms with Crippen LogP contribution in [0.5, 0.6) is 0 Å². The Morgan fingerprint density at radius 3 is 2.50 bits per heavy atom. The Hall–Kier alpha value is -0.570. The lowest BCUT2D eigenvalue weighted by atomic mass is 9.98. The van der Waals surface area contributed by atoms with E-state index in [1.165, 1.54) is 0 Å². The van der Waals surface area contributed by atoms with Crippen LogP contribution < -0.4 is 5.73 Å². The van der Waals surface area contributed by atoms with Crippen molar-refractivity contribution in [3.05, 3.63) is 0 Å². The average molecular weight is 196 g/mol. The number of carbonyl (C=O) groups excluding carboxylic acids is 1. The number of amides is 1. The van der Waals surface area contributed by atoms with Gasteiger partial charge in [0.1, 0.15) is 0 Å². The van der Waals surface area contributed by atoms with Gasteiger partial charge in [0, 0.05) is 24.5 Å². The van der Waals surface area contributed by atoms with Crippen LogP contribution in [0.25, 0.3) is 0 Å². The van der Waals surface area contributed by atoms with Gasteiger partial charge in [-0.05, 0) is 32.1 Å². The first-order valence-electron chi connectivity index (χ1n) is 5.65. The van der Waals surface area contributed by atoms with Crippen molar-refractivity contribution in [3.8, 4) is 0 Å². The number of carbonyl (C=O) groups is 1. The molecular formula is C11H20N2O. The maximum absolute atomic E-state index is 12.0. The van der Waals surface area contributed by atoms with Crippen molar-refractivity contribution in [1.29, 1.82) is 0 Å². The van der Waals surface area contributed by atoms with Gasteiger partial charge in [-0.25, -0.2) is 0 Å². The number of rotatable bonds is 1. The Kier molecular flexibility index (Phi) is 2.52. The highest BCUT2D eigenvalue weighted by molar-refractivity contribution is 5.82. The highest BCUT2D eigenvalue weighted by atomic mass is 16.2. The second-order valence-electron chi connectivity index (χ2n) is 4.98. The van der Waals surface area contributed by atoms with Gasteiger partial charge in [-0.2, -0.15) is 0 Å². The molecule has 3 nitrogen and oxygen atoms in total. The number of hydrogen-bond donors (Lipinski definition) is 1. The van der Waals surface area contributed by atoms with Crippen LogP contribution in [0.3, 0.4) is 0 Å². The molecule has 0 aromatic heterocycles. The lowest BCUT2D eigenvalue weighted by molar-refractivity contribution is -0.136. The molecule has 1 saturated carbocycles. The van der Waals surface area contributed by atoms with Gasteiger partial charge in [-0.1, -0.05) is 6.92 Å². The summed E-state index contributed by atoms with van der Waals surface area (Å²) in [6, 6.07) is 0.643.